The molecule has 2 rings (SSSR count). The molecule has 126 valence electrons. The fourth-order valence-electron chi connectivity index (χ4n) is 1.79. The third kappa shape index (κ3) is 5.25. The summed E-state index contributed by atoms with van der Waals surface area (Å²) in [5, 5.41) is 13.2. The molecule has 0 saturated heterocycles. The van der Waals surface area contributed by atoms with Crippen LogP contribution >= 0.6 is 45.8 Å². The van der Waals surface area contributed by atoms with Crippen molar-refractivity contribution < 1.29 is 19.4 Å². The van der Waals surface area contributed by atoms with Gasteiger partial charge in [-0.05, 0) is 58.5 Å². The van der Waals surface area contributed by atoms with Crippen molar-refractivity contribution in [1.29, 1.82) is 0 Å². The van der Waals surface area contributed by atoms with Gasteiger partial charge in [-0.1, -0.05) is 29.3 Å². The summed E-state index contributed by atoms with van der Waals surface area (Å²) in [5.74, 6) is -1.46. The summed E-state index contributed by atoms with van der Waals surface area (Å²) >= 11 is 13.8. The number of benzene rings is 2. The van der Waals surface area contributed by atoms with Crippen LogP contribution in [-0.2, 0) is 16.1 Å². The van der Waals surface area contributed by atoms with Gasteiger partial charge in [0.25, 0.3) is 5.91 Å². The van der Waals surface area contributed by atoms with Gasteiger partial charge in [-0.25, -0.2) is 4.79 Å². The van der Waals surface area contributed by atoms with E-state index in [0.29, 0.717) is 15.6 Å². The summed E-state index contributed by atoms with van der Waals surface area (Å²) in [4.78, 5) is 23.6. The third-order valence-electron chi connectivity index (χ3n) is 3.00. The van der Waals surface area contributed by atoms with Crippen LogP contribution in [0.25, 0.3) is 0 Å². The number of hydrogen-bond acceptors (Lipinski definition) is 4. The smallest absolute Gasteiger partial charge is 0.342 e. The molecule has 8 heteroatoms. The Morgan fingerprint density at radius 2 is 1.92 bits per heavy atom. The maximum atomic E-state index is 11.9. The largest absolute Gasteiger partial charge is 0.507 e. The molecule has 0 bridgehead atoms. The van der Waals surface area contributed by atoms with E-state index in [2.05, 4.69) is 5.32 Å². The summed E-state index contributed by atoms with van der Waals surface area (Å²) in [7, 11) is 0. The Morgan fingerprint density at radius 3 is 2.62 bits per heavy atom. The Morgan fingerprint density at radius 1 is 1.17 bits per heavy atom. The van der Waals surface area contributed by atoms with Gasteiger partial charge in [-0.3, -0.25) is 4.79 Å². The molecular weight excluding hydrogens is 468 g/mol. The number of phenolic OH excluding ortho intramolecular Hbond substituents is 1. The van der Waals surface area contributed by atoms with E-state index in [1.807, 2.05) is 22.6 Å². The third-order valence-corrected chi connectivity index (χ3v) is 4.26. The molecule has 24 heavy (non-hydrogen) atoms. The molecule has 0 atom stereocenters. The van der Waals surface area contributed by atoms with Crippen LogP contribution in [-0.4, -0.2) is 23.6 Å². The monoisotopic (exact) mass is 479 g/mol. The van der Waals surface area contributed by atoms with Crippen LogP contribution in [0.15, 0.2) is 36.4 Å². The molecule has 2 N–H and O–H groups in total. The fourth-order valence-corrected chi connectivity index (χ4v) is 2.76. The van der Waals surface area contributed by atoms with Crippen LogP contribution in [0.4, 0.5) is 0 Å². The van der Waals surface area contributed by atoms with Crippen LogP contribution in [0.3, 0.4) is 0 Å². The molecule has 2 aromatic carbocycles. The van der Waals surface area contributed by atoms with E-state index >= 15 is 0 Å². The summed E-state index contributed by atoms with van der Waals surface area (Å²) in [6.07, 6.45) is 0. The number of phenols is 1. The van der Waals surface area contributed by atoms with E-state index in [1.165, 1.54) is 12.1 Å². The minimum atomic E-state index is -0.773. The molecule has 5 nitrogen and oxygen atoms in total. The van der Waals surface area contributed by atoms with Gasteiger partial charge < -0.3 is 15.2 Å². The van der Waals surface area contributed by atoms with Gasteiger partial charge in [0.05, 0.1) is 0 Å². The average molecular weight is 480 g/mol. The number of nitrogens with one attached hydrogen (secondary N) is 1. The summed E-state index contributed by atoms with van der Waals surface area (Å²) < 4.78 is 5.66. The molecule has 0 aliphatic heterocycles. The van der Waals surface area contributed by atoms with Crippen molar-refractivity contribution in [2.45, 2.75) is 6.54 Å². The molecule has 0 unspecified atom stereocenters. The Balaban J connectivity index is 1.86. The lowest BCUT2D eigenvalue weighted by atomic mass is 10.2. The van der Waals surface area contributed by atoms with Gasteiger partial charge in [0.2, 0.25) is 0 Å². The first-order valence-corrected chi connectivity index (χ1v) is 8.56. The molecule has 0 aromatic heterocycles. The van der Waals surface area contributed by atoms with Gasteiger partial charge in [-0.2, -0.15) is 0 Å². The molecule has 1 amide bonds. The van der Waals surface area contributed by atoms with Crippen LogP contribution in [0.5, 0.6) is 5.75 Å². The average Bonchev–Trinajstić information content (AvgIpc) is 2.54. The number of carbonyl (C=O) groups is 2. The highest BCUT2D eigenvalue weighted by atomic mass is 127. The first-order valence-electron chi connectivity index (χ1n) is 6.73. The molecule has 2 aromatic rings. The molecule has 0 saturated carbocycles. The van der Waals surface area contributed by atoms with E-state index in [-0.39, 0.29) is 17.9 Å². The Bertz CT molecular complexity index is 783. The molecule has 0 aliphatic carbocycles. The zero-order valence-corrected chi connectivity index (χ0v) is 15.9. The Kier molecular flexibility index (Phi) is 6.70. The van der Waals surface area contributed by atoms with E-state index in [4.69, 9.17) is 27.9 Å². The Labute approximate surface area is 162 Å². The topological polar surface area (TPSA) is 75.6 Å². The lowest BCUT2D eigenvalue weighted by Crippen LogP contribution is -2.28. The maximum absolute atomic E-state index is 11.9. The van der Waals surface area contributed by atoms with Gasteiger partial charge in [0.1, 0.15) is 11.3 Å². The quantitative estimate of drug-likeness (QED) is 0.505. The number of amides is 1. The number of ether oxygens (including phenoxy) is 1. The number of aromatic hydroxyl groups is 1. The first kappa shape index (κ1) is 18.8. The fraction of sp³-hybridized carbons (Fsp3) is 0.125. The number of carbonyl (C=O) groups excluding carboxylic acids is 2. The summed E-state index contributed by atoms with van der Waals surface area (Å²) in [5.41, 5.74) is 0.700. The van der Waals surface area contributed by atoms with Gasteiger partial charge in [0.15, 0.2) is 6.61 Å². The van der Waals surface area contributed by atoms with Crippen molar-refractivity contribution in [1.82, 2.24) is 5.32 Å². The summed E-state index contributed by atoms with van der Waals surface area (Å²) in [6, 6.07) is 9.44. The van der Waals surface area contributed by atoms with Crippen molar-refractivity contribution in [3.63, 3.8) is 0 Å². The molecule has 0 fully saturated rings. The summed E-state index contributed by atoms with van der Waals surface area (Å²) in [6.45, 7) is -0.282. The maximum Gasteiger partial charge on any atom is 0.342 e. The first-order chi connectivity index (χ1) is 11.4. The highest BCUT2D eigenvalue weighted by molar-refractivity contribution is 14.1. The van der Waals surface area contributed by atoms with Crippen LogP contribution in [0.2, 0.25) is 10.0 Å². The van der Waals surface area contributed by atoms with Gasteiger partial charge in [0, 0.05) is 20.2 Å². The number of hydrogen-bond donors (Lipinski definition) is 2. The van der Waals surface area contributed by atoms with Crippen LogP contribution in [0, 0.1) is 3.57 Å². The van der Waals surface area contributed by atoms with E-state index in [9.17, 15) is 14.7 Å². The predicted molar refractivity (Wildman–Crippen MR) is 99.4 cm³/mol. The van der Waals surface area contributed by atoms with Crippen LogP contribution in [0.1, 0.15) is 15.9 Å². The Hall–Kier alpha value is -1.51. The number of halogens is 3. The molecule has 0 heterocycles. The SMILES string of the molecule is O=C(COC(=O)c1cc(I)ccc1O)NCc1ccc(Cl)cc1Cl. The molecular formula is C16H12Cl2INO4. The minimum Gasteiger partial charge on any atom is -0.507 e. The van der Waals surface area contributed by atoms with Crippen molar-refractivity contribution in [2.24, 2.45) is 0 Å². The second-order valence-corrected chi connectivity index (χ2v) is 6.84. The minimum absolute atomic E-state index is 0.00967. The van der Waals surface area contributed by atoms with Gasteiger partial charge >= 0.3 is 5.97 Å². The second kappa shape index (κ2) is 8.55. The number of esters is 1. The van der Waals surface area contributed by atoms with Crippen molar-refractivity contribution >= 4 is 57.7 Å². The normalized spacial score (nSPS) is 10.3. The molecule has 0 aliphatic rings. The predicted octanol–water partition coefficient (Wildman–Crippen LogP) is 3.78. The molecule has 0 radical (unpaired) electrons. The highest BCUT2D eigenvalue weighted by Gasteiger charge is 2.15. The number of rotatable bonds is 5. The van der Waals surface area contributed by atoms with Crippen LogP contribution < -0.4 is 5.32 Å². The zero-order chi connectivity index (χ0) is 17.7. The highest BCUT2D eigenvalue weighted by Crippen LogP contribution is 2.21. The zero-order valence-electron chi connectivity index (χ0n) is 12.2. The standard InChI is InChI=1S/C16H12Cl2INO4/c17-10-2-1-9(13(18)5-10)7-20-15(22)8-24-16(23)12-6-11(19)3-4-14(12)21/h1-6,21H,7-8H2,(H,20,22). The van der Waals surface area contributed by atoms with E-state index < -0.39 is 18.5 Å². The van der Waals surface area contributed by atoms with E-state index in [1.54, 1.807) is 24.3 Å². The van der Waals surface area contributed by atoms with Crippen molar-refractivity contribution in [2.75, 3.05) is 6.61 Å². The van der Waals surface area contributed by atoms with Crippen molar-refractivity contribution in [3.8, 4) is 5.75 Å². The molecule has 0 spiro atoms. The lowest BCUT2D eigenvalue weighted by Gasteiger charge is -2.09. The second-order valence-electron chi connectivity index (χ2n) is 4.75. The van der Waals surface area contributed by atoms with Crippen molar-refractivity contribution in [3.05, 3.63) is 61.1 Å². The van der Waals surface area contributed by atoms with E-state index in [0.717, 1.165) is 3.57 Å². The lowest BCUT2D eigenvalue weighted by molar-refractivity contribution is -0.124. The van der Waals surface area contributed by atoms with Gasteiger partial charge in [-0.15, -0.1) is 0 Å².